The quantitative estimate of drug-likeness (QED) is 0.513. The van der Waals surface area contributed by atoms with Crippen LogP contribution < -0.4 is 11.2 Å². The van der Waals surface area contributed by atoms with Crippen molar-refractivity contribution in [2.45, 2.75) is 43.9 Å². The summed E-state index contributed by atoms with van der Waals surface area (Å²) in [4.78, 5) is 34.5. The van der Waals surface area contributed by atoms with Gasteiger partial charge in [-0.1, -0.05) is 45.0 Å². The minimum Gasteiger partial charge on any atom is -0.280 e. The van der Waals surface area contributed by atoms with Crippen LogP contribution in [0.3, 0.4) is 0 Å². The van der Waals surface area contributed by atoms with Gasteiger partial charge in [0, 0.05) is 25.3 Å². The molecule has 0 N–H and O–H groups in total. The SMILES string of the molecule is Cc1ccccc1CSc1nc(C(C)(C)C)nc2c1c(=O)n(C)c(=O)n2C. The average Bonchev–Trinajstić information content (AvgIpc) is 2.62. The predicted molar refractivity (Wildman–Crippen MR) is 109 cm³/mol. The van der Waals surface area contributed by atoms with E-state index in [9.17, 15) is 9.59 Å². The Kier molecular flexibility index (Phi) is 4.99. The maximum Gasteiger partial charge on any atom is 0.332 e. The fourth-order valence-corrected chi connectivity index (χ4v) is 3.88. The zero-order chi connectivity index (χ0) is 19.9. The van der Waals surface area contributed by atoms with Gasteiger partial charge in [-0.15, -0.1) is 11.8 Å². The van der Waals surface area contributed by atoms with Crippen LogP contribution in [0.25, 0.3) is 11.0 Å². The zero-order valence-electron chi connectivity index (χ0n) is 16.5. The van der Waals surface area contributed by atoms with Gasteiger partial charge >= 0.3 is 5.69 Å². The molecule has 2 heterocycles. The second kappa shape index (κ2) is 6.96. The molecule has 3 rings (SSSR count). The Morgan fingerprint density at radius 1 is 1.04 bits per heavy atom. The number of hydrogen-bond acceptors (Lipinski definition) is 5. The fraction of sp³-hybridized carbons (Fsp3) is 0.400. The Morgan fingerprint density at radius 2 is 1.70 bits per heavy atom. The molecule has 7 heteroatoms. The van der Waals surface area contributed by atoms with E-state index in [1.165, 1.54) is 34.5 Å². The lowest BCUT2D eigenvalue weighted by Crippen LogP contribution is -2.38. The number of aryl methyl sites for hydroxylation is 2. The standard InChI is InChI=1S/C20H24N4O2S/c1-12-9-7-8-10-13(12)11-27-16-14-15(21-18(22-16)20(2,3)4)23(5)19(26)24(6)17(14)25/h7-10H,11H2,1-6H3. The Morgan fingerprint density at radius 3 is 2.33 bits per heavy atom. The van der Waals surface area contributed by atoms with E-state index in [2.05, 4.69) is 24.0 Å². The van der Waals surface area contributed by atoms with Crippen LogP contribution in [0.2, 0.25) is 0 Å². The van der Waals surface area contributed by atoms with Crippen molar-refractivity contribution in [2.24, 2.45) is 14.1 Å². The molecular weight excluding hydrogens is 360 g/mol. The molecule has 0 saturated carbocycles. The molecule has 0 unspecified atom stereocenters. The number of thioether (sulfide) groups is 1. The molecule has 0 amide bonds. The summed E-state index contributed by atoms with van der Waals surface area (Å²) in [6, 6.07) is 8.15. The normalized spacial score (nSPS) is 11.9. The summed E-state index contributed by atoms with van der Waals surface area (Å²) in [5, 5.41) is 1.01. The highest BCUT2D eigenvalue weighted by molar-refractivity contribution is 7.98. The van der Waals surface area contributed by atoms with Crippen LogP contribution in [0, 0.1) is 6.92 Å². The number of benzene rings is 1. The Labute approximate surface area is 162 Å². The third-order valence-electron chi connectivity index (χ3n) is 4.56. The van der Waals surface area contributed by atoms with E-state index in [1.54, 1.807) is 7.05 Å². The first-order chi connectivity index (χ1) is 12.6. The molecule has 142 valence electrons. The maximum absolute atomic E-state index is 12.8. The number of hydrogen-bond donors (Lipinski definition) is 0. The van der Waals surface area contributed by atoms with Crippen LogP contribution in [0.5, 0.6) is 0 Å². The molecule has 0 aliphatic heterocycles. The zero-order valence-corrected chi connectivity index (χ0v) is 17.3. The van der Waals surface area contributed by atoms with Crippen LogP contribution >= 0.6 is 11.8 Å². The highest BCUT2D eigenvalue weighted by Gasteiger charge is 2.23. The van der Waals surface area contributed by atoms with Crippen LogP contribution in [0.4, 0.5) is 0 Å². The summed E-state index contributed by atoms with van der Waals surface area (Å²) in [5.41, 5.74) is 1.72. The molecule has 0 fully saturated rings. The third kappa shape index (κ3) is 3.56. The summed E-state index contributed by atoms with van der Waals surface area (Å²) in [7, 11) is 3.12. The average molecular weight is 385 g/mol. The van der Waals surface area contributed by atoms with Gasteiger partial charge in [0.1, 0.15) is 16.2 Å². The van der Waals surface area contributed by atoms with Crippen molar-refractivity contribution >= 4 is 22.8 Å². The highest BCUT2D eigenvalue weighted by atomic mass is 32.2. The molecule has 3 aromatic rings. The number of rotatable bonds is 3. The lowest BCUT2D eigenvalue weighted by molar-refractivity contribution is 0.539. The largest absolute Gasteiger partial charge is 0.332 e. The smallest absolute Gasteiger partial charge is 0.280 e. The lowest BCUT2D eigenvalue weighted by atomic mass is 9.96. The number of nitrogens with zero attached hydrogens (tertiary/aromatic N) is 4. The highest BCUT2D eigenvalue weighted by Crippen LogP contribution is 2.29. The summed E-state index contributed by atoms with van der Waals surface area (Å²) in [6.07, 6.45) is 0. The first kappa shape index (κ1) is 19.4. The fourth-order valence-electron chi connectivity index (χ4n) is 2.79. The monoisotopic (exact) mass is 384 g/mol. The van der Waals surface area contributed by atoms with Gasteiger partial charge in [-0.3, -0.25) is 13.9 Å². The van der Waals surface area contributed by atoms with E-state index in [0.717, 1.165) is 4.57 Å². The summed E-state index contributed by atoms with van der Waals surface area (Å²) >= 11 is 1.51. The number of aromatic nitrogens is 4. The van der Waals surface area contributed by atoms with Crippen molar-refractivity contribution in [2.75, 3.05) is 0 Å². The second-order valence-electron chi connectivity index (χ2n) is 7.72. The van der Waals surface area contributed by atoms with E-state index in [-0.39, 0.29) is 16.7 Å². The van der Waals surface area contributed by atoms with Crippen molar-refractivity contribution in [3.63, 3.8) is 0 Å². The molecule has 0 aliphatic rings. The summed E-state index contributed by atoms with van der Waals surface area (Å²) in [5.74, 6) is 1.31. The molecule has 0 aliphatic carbocycles. The van der Waals surface area contributed by atoms with Crippen LogP contribution in [0.1, 0.15) is 37.7 Å². The Balaban J connectivity index is 2.24. The predicted octanol–water partition coefficient (Wildman–Crippen LogP) is 2.93. The van der Waals surface area contributed by atoms with E-state index >= 15 is 0 Å². The molecule has 0 saturated heterocycles. The second-order valence-corrected chi connectivity index (χ2v) is 8.69. The van der Waals surface area contributed by atoms with Gasteiger partial charge < -0.3 is 0 Å². The van der Waals surface area contributed by atoms with Gasteiger partial charge in [0.2, 0.25) is 0 Å². The van der Waals surface area contributed by atoms with Gasteiger partial charge in [0.05, 0.1) is 0 Å². The third-order valence-corrected chi connectivity index (χ3v) is 5.59. The molecule has 0 atom stereocenters. The molecule has 1 aromatic carbocycles. The molecule has 0 radical (unpaired) electrons. The Hall–Kier alpha value is -2.41. The molecular formula is C20H24N4O2S. The molecule has 2 aromatic heterocycles. The van der Waals surface area contributed by atoms with Gasteiger partial charge in [-0.05, 0) is 18.1 Å². The van der Waals surface area contributed by atoms with E-state index in [1.807, 2.05) is 32.9 Å². The summed E-state index contributed by atoms with van der Waals surface area (Å²) < 4.78 is 2.53. The van der Waals surface area contributed by atoms with Crippen molar-refractivity contribution < 1.29 is 0 Å². The van der Waals surface area contributed by atoms with Crippen molar-refractivity contribution in [1.82, 2.24) is 19.1 Å². The minimum atomic E-state index is -0.388. The lowest BCUT2D eigenvalue weighted by Gasteiger charge is -2.19. The van der Waals surface area contributed by atoms with Crippen LogP contribution in [-0.4, -0.2) is 19.1 Å². The first-order valence-corrected chi connectivity index (χ1v) is 9.75. The van der Waals surface area contributed by atoms with Gasteiger partial charge in [-0.25, -0.2) is 14.8 Å². The van der Waals surface area contributed by atoms with Crippen molar-refractivity contribution in [3.05, 3.63) is 62.1 Å². The van der Waals surface area contributed by atoms with Gasteiger partial charge in [0.15, 0.2) is 5.65 Å². The van der Waals surface area contributed by atoms with Crippen molar-refractivity contribution in [3.8, 4) is 0 Å². The van der Waals surface area contributed by atoms with E-state index in [4.69, 9.17) is 4.98 Å². The first-order valence-electron chi connectivity index (χ1n) is 8.77. The molecule has 0 bridgehead atoms. The molecule has 6 nitrogen and oxygen atoms in total. The summed E-state index contributed by atoms with van der Waals surface area (Å²) in [6.45, 7) is 8.12. The Bertz CT molecular complexity index is 1140. The maximum atomic E-state index is 12.8. The molecule has 27 heavy (non-hydrogen) atoms. The van der Waals surface area contributed by atoms with Crippen molar-refractivity contribution in [1.29, 1.82) is 0 Å². The molecule has 0 spiro atoms. The van der Waals surface area contributed by atoms with Gasteiger partial charge in [-0.2, -0.15) is 0 Å². The van der Waals surface area contributed by atoms with Crippen LogP contribution in [0.15, 0.2) is 38.9 Å². The van der Waals surface area contributed by atoms with Crippen LogP contribution in [-0.2, 0) is 25.3 Å². The van der Waals surface area contributed by atoms with E-state index in [0.29, 0.717) is 27.6 Å². The van der Waals surface area contributed by atoms with E-state index < -0.39 is 0 Å². The topological polar surface area (TPSA) is 69.8 Å². The van der Waals surface area contributed by atoms with Gasteiger partial charge in [0.25, 0.3) is 5.56 Å². The number of fused-ring (bicyclic) bond motifs is 1. The minimum absolute atomic E-state index is 0.302.